The lowest BCUT2D eigenvalue weighted by Gasteiger charge is -2.23. The van der Waals surface area contributed by atoms with Crippen molar-refractivity contribution >= 4 is 34.4 Å². The van der Waals surface area contributed by atoms with Gasteiger partial charge in [-0.25, -0.2) is 9.37 Å². The van der Waals surface area contributed by atoms with Gasteiger partial charge < -0.3 is 5.32 Å². The Kier molecular flexibility index (Phi) is 6.49. The van der Waals surface area contributed by atoms with Gasteiger partial charge in [0.25, 0.3) is 5.56 Å². The molecule has 172 valence electrons. The Morgan fingerprint density at radius 1 is 1.00 bits per heavy atom. The monoisotopic (exact) mass is 458 g/mol. The molecule has 0 spiro atoms. The number of carbonyl (C=O) groups excluding carboxylic acids is 2. The van der Waals surface area contributed by atoms with Crippen LogP contribution in [0.5, 0.6) is 0 Å². The Morgan fingerprint density at radius 2 is 1.65 bits per heavy atom. The molecule has 0 saturated heterocycles. The van der Waals surface area contributed by atoms with Crippen LogP contribution in [0.4, 0.5) is 15.9 Å². The molecule has 34 heavy (non-hydrogen) atoms. The van der Waals surface area contributed by atoms with Crippen LogP contribution in [0.2, 0.25) is 0 Å². The van der Waals surface area contributed by atoms with Gasteiger partial charge in [-0.2, -0.15) is 0 Å². The number of carbonyl (C=O) groups is 2. The third-order valence-corrected chi connectivity index (χ3v) is 5.48. The van der Waals surface area contributed by atoms with E-state index in [0.29, 0.717) is 16.7 Å². The van der Waals surface area contributed by atoms with E-state index < -0.39 is 23.3 Å². The number of nitrogens with zero attached hydrogens (tertiary/aromatic N) is 3. The van der Waals surface area contributed by atoms with Crippen molar-refractivity contribution in [3.05, 3.63) is 101 Å². The van der Waals surface area contributed by atoms with E-state index in [1.54, 1.807) is 31.2 Å². The van der Waals surface area contributed by atoms with Gasteiger partial charge in [-0.1, -0.05) is 42.5 Å². The van der Waals surface area contributed by atoms with Crippen LogP contribution in [-0.4, -0.2) is 21.4 Å². The quantitative estimate of drug-likeness (QED) is 0.467. The summed E-state index contributed by atoms with van der Waals surface area (Å²) >= 11 is 0. The fourth-order valence-corrected chi connectivity index (χ4v) is 3.70. The zero-order valence-corrected chi connectivity index (χ0v) is 18.7. The predicted octanol–water partition coefficient (Wildman–Crippen LogP) is 4.29. The minimum absolute atomic E-state index is 0.0588. The lowest BCUT2D eigenvalue weighted by Crippen LogP contribution is -2.39. The molecule has 1 aromatic heterocycles. The summed E-state index contributed by atoms with van der Waals surface area (Å²) in [6.45, 7) is 3.12. The van der Waals surface area contributed by atoms with Gasteiger partial charge >= 0.3 is 0 Å². The van der Waals surface area contributed by atoms with Gasteiger partial charge in [-0.3, -0.25) is 23.9 Å². The first-order chi connectivity index (χ1) is 16.3. The summed E-state index contributed by atoms with van der Waals surface area (Å²) in [4.78, 5) is 45.0. The fraction of sp³-hybridized carbons (Fsp3) is 0.154. The van der Waals surface area contributed by atoms with Crippen molar-refractivity contribution in [3.8, 4) is 0 Å². The molecule has 0 aliphatic rings. The molecule has 4 aromatic rings. The summed E-state index contributed by atoms with van der Waals surface area (Å²) in [7, 11) is 0. The molecule has 0 saturated carbocycles. The van der Waals surface area contributed by atoms with Crippen LogP contribution in [0.1, 0.15) is 25.5 Å². The molecular weight excluding hydrogens is 435 g/mol. The fourth-order valence-electron chi connectivity index (χ4n) is 3.70. The van der Waals surface area contributed by atoms with Crippen molar-refractivity contribution in [1.82, 2.24) is 9.55 Å². The summed E-state index contributed by atoms with van der Waals surface area (Å²) in [5.41, 5.74) is 1.60. The number of halogens is 1. The lowest BCUT2D eigenvalue weighted by atomic mass is 10.2. The molecular formula is C26H23FN4O3. The number of rotatable bonds is 6. The molecule has 0 aliphatic heterocycles. The maximum atomic E-state index is 13.6. The molecule has 7 nitrogen and oxygen atoms in total. The first kappa shape index (κ1) is 22.8. The Bertz CT molecular complexity index is 1400. The van der Waals surface area contributed by atoms with E-state index in [0.717, 1.165) is 5.56 Å². The van der Waals surface area contributed by atoms with Gasteiger partial charge in [0.05, 0.1) is 17.6 Å². The van der Waals surface area contributed by atoms with Gasteiger partial charge in [-0.05, 0) is 48.9 Å². The molecule has 0 unspecified atom stereocenters. The number of benzene rings is 3. The van der Waals surface area contributed by atoms with Crippen LogP contribution < -0.4 is 15.8 Å². The summed E-state index contributed by atoms with van der Waals surface area (Å²) in [6.07, 6.45) is 0. The number of para-hydroxylation sites is 2. The molecule has 3 aromatic carbocycles. The van der Waals surface area contributed by atoms with Crippen LogP contribution in [0.15, 0.2) is 83.7 Å². The standard InChI is InChI=1S/C26H23FN4O3/c1-17(25(33)28-21-14-12-20(27)13-15-21)31-23-11-7-6-10-22(23)29-24(26(31)34)30(18(2)32)16-19-8-4-3-5-9-19/h3-15,17H,16H2,1-2H3,(H,28,33)/t17-/m1/s1. The lowest BCUT2D eigenvalue weighted by molar-refractivity contribution is -0.118. The number of nitrogens with one attached hydrogen (secondary N) is 1. The van der Waals surface area contributed by atoms with E-state index in [4.69, 9.17) is 0 Å². The first-order valence-electron chi connectivity index (χ1n) is 10.7. The zero-order chi connectivity index (χ0) is 24.2. The van der Waals surface area contributed by atoms with Crippen LogP contribution in [0.25, 0.3) is 11.0 Å². The Labute approximate surface area is 195 Å². The number of amides is 2. The largest absolute Gasteiger partial charge is 0.324 e. The van der Waals surface area contributed by atoms with Gasteiger partial charge in [0, 0.05) is 12.6 Å². The van der Waals surface area contributed by atoms with Gasteiger partial charge in [-0.15, -0.1) is 0 Å². The number of hydrogen-bond donors (Lipinski definition) is 1. The van der Waals surface area contributed by atoms with Crippen LogP contribution in [0, 0.1) is 5.82 Å². The third-order valence-electron chi connectivity index (χ3n) is 5.48. The maximum absolute atomic E-state index is 13.6. The van der Waals surface area contributed by atoms with E-state index in [1.165, 1.54) is 40.7 Å². The van der Waals surface area contributed by atoms with Crippen molar-refractivity contribution in [2.24, 2.45) is 0 Å². The van der Waals surface area contributed by atoms with E-state index in [9.17, 15) is 18.8 Å². The Morgan fingerprint density at radius 3 is 2.32 bits per heavy atom. The zero-order valence-electron chi connectivity index (χ0n) is 18.7. The molecule has 2 amide bonds. The average Bonchev–Trinajstić information content (AvgIpc) is 2.84. The van der Waals surface area contributed by atoms with E-state index in [-0.39, 0.29) is 18.3 Å². The average molecular weight is 458 g/mol. The Balaban J connectivity index is 1.79. The van der Waals surface area contributed by atoms with Crippen molar-refractivity contribution in [3.63, 3.8) is 0 Å². The second-order valence-electron chi connectivity index (χ2n) is 7.86. The van der Waals surface area contributed by atoms with E-state index in [1.807, 2.05) is 30.3 Å². The Hall–Kier alpha value is -4.33. The number of anilines is 2. The second kappa shape index (κ2) is 9.66. The number of hydrogen-bond acceptors (Lipinski definition) is 4. The summed E-state index contributed by atoms with van der Waals surface area (Å²) in [6, 6.07) is 20.6. The molecule has 0 bridgehead atoms. The molecule has 1 atom stereocenters. The van der Waals surface area contributed by atoms with Crippen LogP contribution >= 0.6 is 0 Å². The molecule has 0 radical (unpaired) electrons. The highest BCUT2D eigenvalue weighted by molar-refractivity contribution is 5.95. The van der Waals surface area contributed by atoms with E-state index >= 15 is 0 Å². The van der Waals surface area contributed by atoms with Crippen molar-refractivity contribution in [2.45, 2.75) is 26.4 Å². The SMILES string of the molecule is CC(=O)N(Cc1ccccc1)c1nc2ccccc2n([C@H](C)C(=O)Nc2ccc(F)cc2)c1=O. The first-order valence-corrected chi connectivity index (χ1v) is 10.7. The smallest absolute Gasteiger partial charge is 0.295 e. The van der Waals surface area contributed by atoms with Gasteiger partial charge in [0.1, 0.15) is 11.9 Å². The highest BCUT2D eigenvalue weighted by Gasteiger charge is 2.25. The molecule has 4 rings (SSSR count). The molecule has 8 heteroatoms. The van der Waals surface area contributed by atoms with Crippen molar-refractivity contribution in [2.75, 3.05) is 10.2 Å². The molecule has 0 aliphatic carbocycles. The van der Waals surface area contributed by atoms with Crippen molar-refractivity contribution in [1.29, 1.82) is 0 Å². The third kappa shape index (κ3) is 4.71. The minimum Gasteiger partial charge on any atom is -0.324 e. The van der Waals surface area contributed by atoms with Gasteiger partial charge in [0.2, 0.25) is 17.6 Å². The molecule has 1 N–H and O–H groups in total. The predicted molar refractivity (Wildman–Crippen MR) is 129 cm³/mol. The number of fused-ring (bicyclic) bond motifs is 1. The minimum atomic E-state index is -0.935. The van der Waals surface area contributed by atoms with Crippen molar-refractivity contribution < 1.29 is 14.0 Å². The van der Waals surface area contributed by atoms with E-state index in [2.05, 4.69) is 10.3 Å². The molecule has 1 heterocycles. The highest BCUT2D eigenvalue weighted by atomic mass is 19.1. The summed E-state index contributed by atoms with van der Waals surface area (Å²) in [5.74, 6) is -1.29. The topological polar surface area (TPSA) is 84.3 Å². The van der Waals surface area contributed by atoms with Crippen LogP contribution in [-0.2, 0) is 16.1 Å². The summed E-state index contributed by atoms with van der Waals surface area (Å²) in [5, 5.41) is 2.70. The second-order valence-corrected chi connectivity index (χ2v) is 7.86. The van der Waals surface area contributed by atoms with Crippen LogP contribution in [0.3, 0.4) is 0 Å². The maximum Gasteiger partial charge on any atom is 0.295 e. The normalized spacial score (nSPS) is 11.7. The number of aromatic nitrogens is 2. The molecule has 0 fully saturated rings. The van der Waals surface area contributed by atoms with Gasteiger partial charge in [0.15, 0.2) is 0 Å². The summed E-state index contributed by atoms with van der Waals surface area (Å²) < 4.78 is 14.6. The highest BCUT2D eigenvalue weighted by Crippen LogP contribution is 2.21.